The monoisotopic (exact) mass is 338 g/mol. The normalized spacial score (nSPS) is 22.6. The first kappa shape index (κ1) is 15.4. The Morgan fingerprint density at radius 1 is 1.35 bits per heavy atom. The Bertz CT molecular complexity index is 454. The van der Waals surface area contributed by atoms with E-state index in [4.69, 9.17) is 0 Å². The van der Waals surface area contributed by atoms with Gasteiger partial charge in [-0.2, -0.15) is 0 Å². The molecule has 20 heavy (non-hydrogen) atoms. The number of urea groups is 1. The molecule has 1 heterocycles. The second-order valence-corrected chi connectivity index (χ2v) is 6.56. The quantitative estimate of drug-likeness (QED) is 0.888. The molecule has 110 valence electrons. The van der Waals surface area contributed by atoms with Crippen LogP contribution < -0.4 is 5.32 Å². The molecule has 0 aromatic heterocycles. The molecular formula is C16H23BrN2O. The van der Waals surface area contributed by atoms with Gasteiger partial charge in [-0.25, -0.2) is 4.79 Å². The number of nitrogens with one attached hydrogen (secondary N) is 1. The van der Waals surface area contributed by atoms with E-state index < -0.39 is 0 Å². The molecule has 1 aromatic carbocycles. The Hall–Kier alpha value is -1.03. The van der Waals surface area contributed by atoms with Crippen molar-refractivity contribution in [1.29, 1.82) is 0 Å². The van der Waals surface area contributed by atoms with E-state index in [9.17, 15) is 4.79 Å². The number of likely N-dealkylation sites (tertiary alicyclic amines) is 1. The molecule has 1 aliphatic heterocycles. The maximum Gasteiger partial charge on any atom is 0.317 e. The van der Waals surface area contributed by atoms with Crippen molar-refractivity contribution in [1.82, 2.24) is 10.2 Å². The van der Waals surface area contributed by atoms with Gasteiger partial charge in [0, 0.05) is 23.1 Å². The highest BCUT2D eigenvalue weighted by Gasteiger charge is 2.28. The van der Waals surface area contributed by atoms with E-state index in [1.54, 1.807) is 0 Å². The van der Waals surface area contributed by atoms with Gasteiger partial charge >= 0.3 is 6.03 Å². The Kier molecular flexibility index (Phi) is 5.46. The Labute approximate surface area is 129 Å². The second kappa shape index (κ2) is 7.11. The number of piperidine rings is 1. The van der Waals surface area contributed by atoms with Crippen LogP contribution in [0.15, 0.2) is 28.7 Å². The maximum atomic E-state index is 12.3. The lowest BCUT2D eigenvalue weighted by molar-refractivity contribution is 0.123. The SMILES string of the molecule is CC1CCCC(C)N1C(=O)NCCc1cccc(Br)c1. The van der Waals surface area contributed by atoms with Crippen molar-refractivity contribution in [3.05, 3.63) is 34.3 Å². The molecule has 2 unspecified atom stereocenters. The zero-order valence-corrected chi connectivity index (χ0v) is 13.8. The van der Waals surface area contributed by atoms with Crippen LogP contribution >= 0.6 is 15.9 Å². The summed E-state index contributed by atoms with van der Waals surface area (Å²) in [7, 11) is 0. The maximum absolute atomic E-state index is 12.3. The third-order valence-electron chi connectivity index (χ3n) is 4.01. The Morgan fingerprint density at radius 2 is 2.05 bits per heavy atom. The molecular weight excluding hydrogens is 316 g/mol. The molecule has 3 nitrogen and oxygen atoms in total. The van der Waals surface area contributed by atoms with Crippen molar-refractivity contribution in [2.45, 2.75) is 51.6 Å². The molecule has 2 amide bonds. The lowest BCUT2D eigenvalue weighted by Gasteiger charge is -2.38. The average Bonchev–Trinajstić information content (AvgIpc) is 2.38. The van der Waals surface area contributed by atoms with Crippen molar-refractivity contribution in [2.75, 3.05) is 6.54 Å². The van der Waals surface area contributed by atoms with Crippen LogP contribution in [0.5, 0.6) is 0 Å². The number of nitrogens with zero attached hydrogens (tertiary/aromatic N) is 1. The van der Waals surface area contributed by atoms with E-state index in [0.29, 0.717) is 18.6 Å². The number of halogens is 1. The summed E-state index contributed by atoms with van der Waals surface area (Å²) in [6, 6.07) is 9.00. The largest absolute Gasteiger partial charge is 0.338 e. The van der Waals surface area contributed by atoms with Gasteiger partial charge in [0.15, 0.2) is 0 Å². The minimum atomic E-state index is 0.0831. The first-order chi connectivity index (χ1) is 9.58. The van der Waals surface area contributed by atoms with Crippen LogP contribution in [-0.4, -0.2) is 29.6 Å². The van der Waals surface area contributed by atoms with Crippen LogP contribution in [-0.2, 0) is 6.42 Å². The molecule has 0 radical (unpaired) electrons. The summed E-state index contributed by atoms with van der Waals surface area (Å²) in [4.78, 5) is 14.3. The van der Waals surface area contributed by atoms with Crippen LogP contribution in [0.25, 0.3) is 0 Å². The minimum Gasteiger partial charge on any atom is -0.338 e. The van der Waals surface area contributed by atoms with Crippen molar-refractivity contribution < 1.29 is 4.79 Å². The van der Waals surface area contributed by atoms with Crippen molar-refractivity contribution in [3.8, 4) is 0 Å². The number of carbonyl (C=O) groups is 1. The summed E-state index contributed by atoms with van der Waals surface area (Å²) >= 11 is 3.47. The minimum absolute atomic E-state index is 0.0831. The standard InChI is InChI=1S/C16H23BrN2O/c1-12-5-3-6-13(2)19(12)16(20)18-10-9-14-7-4-8-15(17)11-14/h4,7-8,11-13H,3,5-6,9-10H2,1-2H3,(H,18,20). The van der Waals surface area contributed by atoms with Crippen molar-refractivity contribution in [3.63, 3.8) is 0 Å². The van der Waals surface area contributed by atoms with Gasteiger partial charge in [0.05, 0.1) is 0 Å². The van der Waals surface area contributed by atoms with Gasteiger partial charge in [-0.1, -0.05) is 28.1 Å². The Balaban J connectivity index is 1.82. The number of hydrogen-bond acceptors (Lipinski definition) is 1. The smallest absolute Gasteiger partial charge is 0.317 e. The summed E-state index contributed by atoms with van der Waals surface area (Å²) in [5.74, 6) is 0. The molecule has 1 saturated heterocycles. The van der Waals surface area contributed by atoms with E-state index in [1.807, 2.05) is 17.0 Å². The highest BCUT2D eigenvalue weighted by atomic mass is 79.9. The van der Waals surface area contributed by atoms with Crippen LogP contribution in [0.4, 0.5) is 4.79 Å². The molecule has 0 saturated carbocycles. The molecule has 1 aromatic rings. The van der Waals surface area contributed by atoms with Gasteiger partial charge in [-0.3, -0.25) is 0 Å². The molecule has 1 N–H and O–H groups in total. The van der Waals surface area contributed by atoms with Crippen molar-refractivity contribution >= 4 is 22.0 Å². The number of amides is 2. The van der Waals surface area contributed by atoms with Gasteiger partial charge in [0.1, 0.15) is 0 Å². The summed E-state index contributed by atoms with van der Waals surface area (Å²) in [5, 5.41) is 3.05. The predicted octanol–water partition coefficient (Wildman–Crippen LogP) is 3.96. The highest BCUT2D eigenvalue weighted by Crippen LogP contribution is 2.22. The fourth-order valence-corrected chi connectivity index (χ4v) is 3.37. The molecule has 1 aliphatic rings. The zero-order valence-electron chi connectivity index (χ0n) is 12.2. The van der Waals surface area contributed by atoms with E-state index in [-0.39, 0.29) is 6.03 Å². The third kappa shape index (κ3) is 3.98. The van der Waals surface area contributed by atoms with Gasteiger partial charge in [0.2, 0.25) is 0 Å². The number of rotatable bonds is 3. The molecule has 2 atom stereocenters. The average molecular weight is 339 g/mol. The van der Waals surface area contributed by atoms with E-state index in [0.717, 1.165) is 23.7 Å². The molecule has 0 aliphatic carbocycles. The first-order valence-electron chi connectivity index (χ1n) is 7.38. The van der Waals surface area contributed by atoms with E-state index in [2.05, 4.69) is 47.2 Å². The van der Waals surface area contributed by atoms with E-state index in [1.165, 1.54) is 12.0 Å². The van der Waals surface area contributed by atoms with Gasteiger partial charge in [-0.05, 0) is 57.2 Å². The molecule has 0 bridgehead atoms. The molecule has 4 heteroatoms. The van der Waals surface area contributed by atoms with Crippen LogP contribution in [0, 0.1) is 0 Å². The lowest BCUT2D eigenvalue weighted by atomic mass is 9.98. The number of carbonyl (C=O) groups excluding carboxylic acids is 1. The topological polar surface area (TPSA) is 32.3 Å². The first-order valence-corrected chi connectivity index (χ1v) is 8.18. The number of benzene rings is 1. The Morgan fingerprint density at radius 3 is 2.70 bits per heavy atom. The van der Waals surface area contributed by atoms with E-state index >= 15 is 0 Å². The van der Waals surface area contributed by atoms with Crippen LogP contribution in [0.1, 0.15) is 38.7 Å². The summed E-state index contributed by atoms with van der Waals surface area (Å²) in [6.07, 6.45) is 4.32. The van der Waals surface area contributed by atoms with Gasteiger partial charge in [0.25, 0.3) is 0 Å². The van der Waals surface area contributed by atoms with Crippen molar-refractivity contribution in [2.24, 2.45) is 0 Å². The number of hydrogen-bond donors (Lipinski definition) is 1. The summed E-state index contributed by atoms with van der Waals surface area (Å²) in [6.45, 7) is 4.97. The molecule has 2 rings (SSSR count). The lowest BCUT2D eigenvalue weighted by Crippen LogP contribution is -2.52. The fraction of sp³-hybridized carbons (Fsp3) is 0.562. The predicted molar refractivity (Wildman–Crippen MR) is 85.9 cm³/mol. The zero-order chi connectivity index (χ0) is 14.5. The van der Waals surface area contributed by atoms with Gasteiger partial charge in [-0.15, -0.1) is 0 Å². The molecule has 1 fully saturated rings. The van der Waals surface area contributed by atoms with Gasteiger partial charge < -0.3 is 10.2 Å². The molecule has 0 spiro atoms. The fourth-order valence-electron chi connectivity index (χ4n) is 2.92. The second-order valence-electron chi connectivity index (χ2n) is 5.65. The van der Waals surface area contributed by atoms with Crippen LogP contribution in [0.2, 0.25) is 0 Å². The highest BCUT2D eigenvalue weighted by molar-refractivity contribution is 9.10. The third-order valence-corrected chi connectivity index (χ3v) is 4.50. The van der Waals surface area contributed by atoms with Crippen LogP contribution in [0.3, 0.4) is 0 Å². The summed E-state index contributed by atoms with van der Waals surface area (Å²) in [5.41, 5.74) is 1.24. The summed E-state index contributed by atoms with van der Waals surface area (Å²) < 4.78 is 1.08.